The Morgan fingerprint density at radius 3 is 2.45 bits per heavy atom. The molecule has 0 aliphatic carbocycles. The van der Waals surface area contributed by atoms with E-state index in [1.165, 1.54) is 61.8 Å². The topological polar surface area (TPSA) is 24.3 Å². The highest BCUT2D eigenvalue weighted by molar-refractivity contribution is 5.93. The fourth-order valence-electron chi connectivity index (χ4n) is 5.53. The van der Waals surface area contributed by atoms with Gasteiger partial charge in [0.15, 0.2) is 5.82 Å². The summed E-state index contributed by atoms with van der Waals surface area (Å²) >= 11 is 0. The van der Waals surface area contributed by atoms with Crippen LogP contribution in [0.15, 0.2) is 36.5 Å². The van der Waals surface area contributed by atoms with Crippen LogP contribution in [0.2, 0.25) is 0 Å². The average Bonchev–Trinajstić information content (AvgIpc) is 3.06. The molecule has 31 heavy (non-hydrogen) atoms. The zero-order chi connectivity index (χ0) is 21.4. The molecule has 5 heteroatoms. The Bertz CT molecular complexity index is 1060. The average molecular weight is 421 g/mol. The van der Waals surface area contributed by atoms with Gasteiger partial charge in [0.2, 0.25) is 0 Å². The third kappa shape index (κ3) is 3.84. The van der Waals surface area contributed by atoms with Crippen LogP contribution in [0.3, 0.4) is 0 Å². The van der Waals surface area contributed by atoms with Crippen molar-refractivity contribution >= 4 is 16.7 Å². The number of anilines is 1. The first kappa shape index (κ1) is 20.5. The number of rotatable bonds is 4. The SMILES string of the molecule is Cc1c(C)n(Cc2ccccc2F)c2c(N3CCC(N4CCCCC4)CC3)nccc12. The van der Waals surface area contributed by atoms with Crippen LogP contribution >= 0.6 is 0 Å². The molecule has 0 bridgehead atoms. The standard InChI is InChI=1S/C26H33FN4/c1-19-20(2)31(18-21-8-4-5-9-24(21)27)25-23(19)10-13-28-26(25)30-16-11-22(12-17-30)29-14-6-3-7-15-29/h4-5,8-10,13,22H,3,6-7,11-12,14-18H2,1-2H3. The number of halogens is 1. The molecule has 0 spiro atoms. The molecule has 2 aromatic heterocycles. The third-order valence-corrected chi connectivity index (χ3v) is 7.48. The van der Waals surface area contributed by atoms with Gasteiger partial charge in [0.05, 0.1) is 12.1 Å². The summed E-state index contributed by atoms with van der Waals surface area (Å²) in [5, 5.41) is 1.23. The molecule has 0 atom stereocenters. The van der Waals surface area contributed by atoms with E-state index < -0.39 is 0 Å². The van der Waals surface area contributed by atoms with Crippen molar-refractivity contribution in [2.75, 3.05) is 31.1 Å². The lowest BCUT2D eigenvalue weighted by atomic mass is 10.00. The van der Waals surface area contributed by atoms with Gasteiger partial charge in [-0.15, -0.1) is 0 Å². The molecule has 2 fully saturated rings. The lowest BCUT2D eigenvalue weighted by molar-refractivity contribution is 0.141. The highest BCUT2D eigenvalue weighted by atomic mass is 19.1. The van der Waals surface area contributed by atoms with Crippen molar-refractivity contribution in [3.63, 3.8) is 0 Å². The van der Waals surface area contributed by atoms with Crippen molar-refractivity contribution in [1.29, 1.82) is 0 Å². The Morgan fingerprint density at radius 1 is 0.968 bits per heavy atom. The van der Waals surface area contributed by atoms with Crippen LogP contribution in [0.1, 0.15) is 48.9 Å². The first-order chi connectivity index (χ1) is 15.1. The number of hydrogen-bond acceptors (Lipinski definition) is 3. The second kappa shape index (κ2) is 8.62. The lowest BCUT2D eigenvalue weighted by Crippen LogP contribution is -2.47. The van der Waals surface area contributed by atoms with Crippen LogP contribution in [-0.4, -0.2) is 46.7 Å². The normalized spacial score (nSPS) is 18.7. The van der Waals surface area contributed by atoms with Gasteiger partial charge in [-0.25, -0.2) is 9.37 Å². The lowest BCUT2D eigenvalue weighted by Gasteiger charge is -2.40. The number of hydrogen-bond donors (Lipinski definition) is 0. The van der Waals surface area contributed by atoms with E-state index in [9.17, 15) is 4.39 Å². The Morgan fingerprint density at radius 2 is 1.71 bits per heavy atom. The van der Waals surface area contributed by atoms with Crippen molar-refractivity contribution < 1.29 is 4.39 Å². The number of benzene rings is 1. The van der Waals surface area contributed by atoms with Crippen LogP contribution in [-0.2, 0) is 6.54 Å². The minimum Gasteiger partial charge on any atom is -0.355 e. The molecule has 0 saturated carbocycles. The molecule has 164 valence electrons. The second-order valence-electron chi connectivity index (χ2n) is 9.23. The predicted octanol–water partition coefficient (Wildman–Crippen LogP) is 5.30. The number of aryl methyl sites for hydroxylation is 1. The molecule has 3 aromatic rings. The first-order valence-corrected chi connectivity index (χ1v) is 11.8. The number of aromatic nitrogens is 2. The molecule has 0 amide bonds. The van der Waals surface area contributed by atoms with Crippen LogP contribution in [0.4, 0.5) is 10.2 Å². The van der Waals surface area contributed by atoms with Crippen molar-refractivity contribution in [1.82, 2.24) is 14.5 Å². The minimum atomic E-state index is -0.144. The molecule has 2 aliphatic rings. The smallest absolute Gasteiger partial charge is 0.153 e. The molecule has 2 saturated heterocycles. The summed E-state index contributed by atoms with van der Waals surface area (Å²) in [6, 6.07) is 9.93. The maximum Gasteiger partial charge on any atom is 0.153 e. The van der Waals surface area contributed by atoms with Crippen molar-refractivity contribution in [3.8, 4) is 0 Å². The van der Waals surface area contributed by atoms with Gasteiger partial charge in [-0.2, -0.15) is 0 Å². The van der Waals surface area contributed by atoms with E-state index in [0.717, 1.165) is 30.0 Å². The van der Waals surface area contributed by atoms with Crippen molar-refractivity contribution in [2.45, 2.75) is 58.5 Å². The number of nitrogens with zero attached hydrogens (tertiary/aromatic N) is 4. The zero-order valence-corrected chi connectivity index (χ0v) is 18.8. The predicted molar refractivity (Wildman–Crippen MR) is 125 cm³/mol. The second-order valence-corrected chi connectivity index (χ2v) is 9.23. The van der Waals surface area contributed by atoms with Crippen molar-refractivity contribution in [3.05, 3.63) is 59.2 Å². The molecule has 0 N–H and O–H groups in total. The highest BCUT2D eigenvalue weighted by Gasteiger charge is 2.28. The van der Waals surface area contributed by atoms with E-state index in [2.05, 4.69) is 34.3 Å². The van der Waals surface area contributed by atoms with E-state index in [1.54, 1.807) is 12.1 Å². The van der Waals surface area contributed by atoms with E-state index in [-0.39, 0.29) is 5.82 Å². The van der Waals surface area contributed by atoms with E-state index >= 15 is 0 Å². The Kier molecular flexibility index (Phi) is 5.70. The highest BCUT2D eigenvalue weighted by Crippen LogP contribution is 2.34. The van der Waals surface area contributed by atoms with Gasteiger partial charge < -0.3 is 14.4 Å². The van der Waals surface area contributed by atoms with Gasteiger partial charge in [-0.05, 0) is 70.3 Å². The summed E-state index contributed by atoms with van der Waals surface area (Å²) < 4.78 is 16.7. The van der Waals surface area contributed by atoms with E-state index in [0.29, 0.717) is 12.6 Å². The number of likely N-dealkylation sites (tertiary alicyclic amines) is 1. The summed E-state index contributed by atoms with van der Waals surface area (Å²) in [6.45, 7) is 9.45. The monoisotopic (exact) mass is 420 g/mol. The zero-order valence-electron chi connectivity index (χ0n) is 18.8. The fourth-order valence-corrected chi connectivity index (χ4v) is 5.53. The first-order valence-electron chi connectivity index (χ1n) is 11.8. The Balaban J connectivity index is 1.46. The molecule has 2 aliphatic heterocycles. The maximum absolute atomic E-state index is 14.4. The van der Waals surface area contributed by atoms with Gasteiger partial charge in [-0.3, -0.25) is 0 Å². The van der Waals surface area contributed by atoms with Gasteiger partial charge in [0, 0.05) is 42.0 Å². The largest absolute Gasteiger partial charge is 0.355 e. The van der Waals surface area contributed by atoms with Crippen LogP contribution in [0, 0.1) is 19.7 Å². The Hall–Kier alpha value is -2.40. The molecule has 0 unspecified atom stereocenters. The molecule has 4 heterocycles. The molecule has 5 rings (SSSR count). The third-order valence-electron chi connectivity index (χ3n) is 7.48. The summed E-state index contributed by atoms with van der Waals surface area (Å²) in [5.74, 6) is 0.913. The van der Waals surface area contributed by atoms with Crippen LogP contribution in [0.25, 0.3) is 10.9 Å². The van der Waals surface area contributed by atoms with Gasteiger partial charge in [0.1, 0.15) is 5.82 Å². The van der Waals surface area contributed by atoms with Crippen molar-refractivity contribution in [2.24, 2.45) is 0 Å². The van der Waals surface area contributed by atoms with E-state index in [1.807, 2.05) is 18.3 Å². The Labute approximate surface area is 184 Å². The molecular formula is C26H33FN4. The van der Waals surface area contributed by atoms with E-state index in [4.69, 9.17) is 4.98 Å². The molecule has 0 radical (unpaired) electrons. The summed E-state index contributed by atoms with van der Waals surface area (Å²) in [7, 11) is 0. The van der Waals surface area contributed by atoms with Gasteiger partial charge >= 0.3 is 0 Å². The van der Waals surface area contributed by atoms with Crippen LogP contribution in [0.5, 0.6) is 0 Å². The van der Waals surface area contributed by atoms with Gasteiger partial charge in [0.25, 0.3) is 0 Å². The summed E-state index contributed by atoms with van der Waals surface area (Å²) in [5.41, 5.74) is 4.33. The summed E-state index contributed by atoms with van der Waals surface area (Å²) in [4.78, 5) is 10.0. The molecular weight excluding hydrogens is 387 g/mol. The summed E-state index contributed by atoms with van der Waals surface area (Å²) in [6.07, 6.45) is 8.42. The van der Waals surface area contributed by atoms with Crippen LogP contribution < -0.4 is 4.90 Å². The molecule has 4 nitrogen and oxygen atoms in total. The number of pyridine rings is 1. The fraction of sp³-hybridized carbons (Fsp3) is 0.500. The maximum atomic E-state index is 14.4. The van der Waals surface area contributed by atoms with Gasteiger partial charge in [-0.1, -0.05) is 24.6 Å². The number of piperidine rings is 2. The number of fused-ring (bicyclic) bond motifs is 1. The quantitative estimate of drug-likeness (QED) is 0.573. The minimum absolute atomic E-state index is 0.144. The molecule has 1 aromatic carbocycles.